The molecule has 1 rings (SSSR count). The van der Waals surface area contributed by atoms with E-state index in [0.717, 1.165) is 18.0 Å². The monoisotopic (exact) mass is 178 g/mol. The molecule has 0 aromatic heterocycles. The summed E-state index contributed by atoms with van der Waals surface area (Å²) in [6.45, 7) is 0. The van der Waals surface area contributed by atoms with Crippen molar-refractivity contribution in [2.24, 2.45) is 0 Å². The van der Waals surface area contributed by atoms with Gasteiger partial charge in [0.2, 0.25) is 0 Å². The fourth-order valence-corrected chi connectivity index (χ4v) is 2.70. The molecular weight excluding hydrogens is 172 g/mol. The second-order valence-corrected chi connectivity index (χ2v) is 5.45. The summed E-state index contributed by atoms with van der Waals surface area (Å²) in [5, 5.41) is 1.51. The molecule has 1 aliphatic rings. The van der Waals surface area contributed by atoms with E-state index < -0.39 is 14.4 Å². The number of hydrogen-bond acceptors (Lipinski definition) is 4. The smallest absolute Gasteiger partial charge is 0.184 e. The minimum absolute atomic E-state index is 0.326. The zero-order valence-electron chi connectivity index (χ0n) is 5.27. The summed E-state index contributed by atoms with van der Waals surface area (Å²) in [6.07, 6.45) is 2.35. The van der Waals surface area contributed by atoms with Crippen molar-refractivity contribution in [1.82, 2.24) is 0 Å². The lowest BCUT2D eigenvalue weighted by Crippen LogP contribution is -2.21. The first kappa shape index (κ1) is 7.81. The molecule has 0 spiro atoms. The number of allylic oxidation sites excluding steroid dienone is 1. The molecule has 0 N–H and O–H groups in total. The van der Waals surface area contributed by atoms with Crippen LogP contribution in [0.3, 0.4) is 0 Å². The van der Waals surface area contributed by atoms with Gasteiger partial charge in [-0.1, -0.05) is 0 Å². The van der Waals surface area contributed by atoms with E-state index in [2.05, 4.69) is 0 Å². The van der Waals surface area contributed by atoms with E-state index in [0.29, 0.717) is 0 Å². The molecule has 0 radical (unpaired) electrons. The van der Waals surface area contributed by atoms with Gasteiger partial charge in [0.05, 0.1) is 0 Å². The third-order valence-corrected chi connectivity index (χ3v) is 4.22. The summed E-state index contributed by atoms with van der Waals surface area (Å²) in [7, 11) is -3.20. The number of carbonyl (C=O) groups excluding carboxylic acids is 1. The fraction of sp³-hybridized carbons (Fsp3) is 0.400. The molecule has 0 aliphatic carbocycles. The van der Waals surface area contributed by atoms with Crippen molar-refractivity contribution < 1.29 is 13.2 Å². The standard InChI is InChI=1S/C5H6O3S2/c1-10(7,8)5-4(6)2-3-9-5/h2-3,5H,1H3. The average Bonchev–Trinajstić information content (AvgIpc) is 2.11. The molecule has 1 aliphatic heterocycles. The molecule has 5 heteroatoms. The first-order chi connectivity index (χ1) is 4.52. The Hall–Kier alpha value is -0.290. The lowest BCUT2D eigenvalue weighted by molar-refractivity contribution is -0.112. The normalized spacial score (nSPS) is 25.7. The Bertz CT molecular complexity index is 275. The summed E-state index contributed by atoms with van der Waals surface area (Å²) in [5.74, 6) is -0.326. The maximum Gasteiger partial charge on any atom is 0.184 e. The van der Waals surface area contributed by atoms with E-state index in [1.807, 2.05) is 0 Å². The minimum Gasteiger partial charge on any atom is -0.292 e. The number of thioether (sulfide) groups is 1. The SMILES string of the molecule is CS(=O)(=O)C1SC=CC1=O. The quantitative estimate of drug-likeness (QED) is 0.575. The van der Waals surface area contributed by atoms with Crippen LogP contribution in [-0.4, -0.2) is 25.0 Å². The highest BCUT2D eigenvalue weighted by atomic mass is 32.3. The van der Waals surface area contributed by atoms with Gasteiger partial charge in [-0.25, -0.2) is 8.42 Å². The average molecular weight is 178 g/mol. The summed E-state index contributed by atoms with van der Waals surface area (Å²) in [4.78, 5) is 10.7. The van der Waals surface area contributed by atoms with Gasteiger partial charge in [0.15, 0.2) is 20.2 Å². The van der Waals surface area contributed by atoms with Crippen molar-refractivity contribution in [2.75, 3.05) is 6.26 Å². The van der Waals surface area contributed by atoms with E-state index in [1.54, 1.807) is 0 Å². The Labute approximate surface area is 63.4 Å². The van der Waals surface area contributed by atoms with Gasteiger partial charge in [-0.3, -0.25) is 4.79 Å². The van der Waals surface area contributed by atoms with Crippen molar-refractivity contribution in [3.8, 4) is 0 Å². The first-order valence-corrected chi connectivity index (χ1v) is 5.46. The third kappa shape index (κ3) is 1.41. The van der Waals surface area contributed by atoms with Crippen LogP contribution in [0.4, 0.5) is 0 Å². The van der Waals surface area contributed by atoms with Crippen LogP contribution in [-0.2, 0) is 14.6 Å². The molecule has 3 nitrogen and oxygen atoms in total. The van der Waals surface area contributed by atoms with Crippen LogP contribution in [0, 0.1) is 0 Å². The van der Waals surface area contributed by atoms with Crippen molar-refractivity contribution in [3.63, 3.8) is 0 Å². The summed E-state index contributed by atoms with van der Waals surface area (Å²) >= 11 is 1.04. The lowest BCUT2D eigenvalue weighted by atomic mass is 10.5. The van der Waals surface area contributed by atoms with Gasteiger partial charge >= 0.3 is 0 Å². The predicted octanol–water partition coefficient (Wildman–Crippen LogP) is 0.187. The van der Waals surface area contributed by atoms with E-state index in [4.69, 9.17) is 0 Å². The molecular formula is C5H6O3S2. The Kier molecular flexibility index (Phi) is 1.87. The molecule has 1 heterocycles. The fourth-order valence-electron chi connectivity index (χ4n) is 0.635. The number of hydrogen-bond donors (Lipinski definition) is 0. The van der Waals surface area contributed by atoms with Gasteiger partial charge in [0.1, 0.15) is 0 Å². The van der Waals surface area contributed by atoms with Crippen LogP contribution in [0.1, 0.15) is 0 Å². The molecule has 0 fully saturated rings. The molecule has 0 saturated carbocycles. The van der Waals surface area contributed by atoms with Crippen molar-refractivity contribution in [2.45, 2.75) is 4.58 Å². The number of carbonyl (C=O) groups is 1. The van der Waals surface area contributed by atoms with E-state index in [-0.39, 0.29) is 5.78 Å². The Morgan fingerprint density at radius 1 is 1.60 bits per heavy atom. The Balaban J connectivity index is 2.90. The van der Waals surface area contributed by atoms with E-state index in [9.17, 15) is 13.2 Å². The maximum absolute atomic E-state index is 10.8. The van der Waals surface area contributed by atoms with Crippen LogP contribution < -0.4 is 0 Å². The molecule has 1 unspecified atom stereocenters. The molecule has 56 valence electrons. The van der Waals surface area contributed by atoms with Crippen LogP contribution in [0.25, 0.3) is 0 Å². The molecule has 1 atom stereocenters. The van der Waals surface area contributed by atoms with Crippen LogP contribution in [0.15, 0.2) is 11.5 Å². The number of sulfone groups is 1. The zero-order chi connectivity index (χ0) is 7.78. The molecule has 10 heavy (non-hydrogen) atoms. The highest BCUT2D eigenvalue weighted by molar-refractivity contribution is 8.16. The maximum atomic E-state index is 10.8. The number of ketones is 1. The third-order valence-electron chi connectivity index (χ3n) is 1.06. The van der Waals surface area contributed by atoms with Crippen molar-refractivity contribution >= 4 is 27.4 Å². The van der Waals surface area contributed by atoms with Crippen LogP contribution >= 0.6 is 11.8 Å². The molecule has 0 aromatic rings. The highest BCUT2D eigenvalue weighted by Crippen LogP contribution is 2.24. The number of rotatable bonds is 1. The van der Waals surface area contributed by atoms with Crippen LogP contribution in [0.2, 0.25) is 0 Å². The molecule has 0 bridgehead atoms. The van der Waals surface area contributed by atoms with Crippen molar-refractivity contribution in [3.05, 3.63) is 11.5 Å². The van der Waals surface area contributed by atoms with E-state index >= 15 is 0 Å². The van der Waals surface area contributed by atoms with Gasteiger partial charge < -0.3 is 0 Å². The van der Waals surface area contributed by atoms with Gasteiger partial charge in [0.25, 0.3) is 0 Å². The Morgan fingerprint density at radius 3 is 2.40 bits per heavy atom. The highest BCUT2D eigenvalue weighted by Gasteiger charge is 2.29. The molecule has 0 aromatic carbocycles. The summed E-state index contributed by atoms with van der Waals surface area (Å²) in [6, 6.07) is 0. The lowest BCUT2D eigenvalue weighted by Gasteiger charge is -2.01. The Morgan fingerprint density at radius 2 is 2.20 bits per heavy atom. The first-order valence-electron chi connectivity index (χ1n) is 2.56. The van der Waals surface area contributed by atoms with Gasteiger partial charge in [0, 0.05) is 6.26 Å². The second-order valence-electron chi connectivity index (χ2n) is 2.00. The van der Waals surface area contributed by atoms with Crippen LogP contribution in [0.5, 0.6) is 0 Å². The molecule has 0 saturated heterocycles. The molecule has 0 amide bonds. The predicted molar refractivity (Wildman–Crippen MR) is 40.4 cm³/mol. The van der Waals surface area contributed by atoms with Gasteiger partial charge in [-0.2, -0.15) is 0 Å². The largest absolute Gasteiger partial charge is 0.292 e. The second kappa shape index (κ2) is 2.39. The topological polar surface area (TPSA) is 51.2 Å². The summed E-state index contributed by atoms with van der Waals surface area (Å²) in [5.41, 5.74) is 0. The van der Waals surface area contributed by atoms with Gasteiger partial charge in [-0.15, -0.1) is 11.8 Å². The van der Waals surface area contributed by atoms with Crippen molar-refractivity contribution in [1.29, 1.82) is 0 Å². The van der Waals surface area contributed by atoms with Gasteiger partial charge in [-0.05, 0) is 11.5 Å². The zero-order valence-corrected chi connectivity index (χ0v) is 6.91. The summed E-state index contributed by atoms with van der Waals surface area (Å²) < 4.78 is 20.6. The van der Waals surface area contributed by atoms with E-state index in [1.165, 1.54) is 11.5 Å². The minimum atomic E-state index is -3.20.